The van der Waals surface area contributed by atoms with Crippen LogP contribution in [0.5, 0.6) is 11.5 Å². The molecule has 2 aliphatic rings. The monoisotopic (exact) mass is 326 g/mol. The second-order valence-electron chi connectivity index (χ2n) is 6.16. The lowest BCUT2D eigenvalue weighted by atomic mass is 10.2. The third-order valence-corrected chi connectivity index (χ3v) is 4.29. The molecule has 1 aliphatic heterocycles. The van der Waals surface area contributed by atoms with E-state index in [2.05, 4.69) is 17.5 Å². The van der Waals surface area contributed by atoms with E-state index < -0.39 is 6.10 Å². The lowest BCUT2D eigenvalue weighted by Crippen LogP contribution is -2.42. The van der Waals surface area contributed by atoms with Crippen LogP contribution in [-0.4, -0.2) is 24.8 Å². The van der Waals surface area contributed by atoms with Crippen LogP contribution in [0.25, 0.3) is 0 Å². The quantitative estimate of drug-likeness (QED) is 0.692. The van der Waals surface area contributed by atoms with Gasteiger partial charge in [-0.3, -0.25) is 4.79 Å². The number of nitrogens with zero attached hydrogens (tertiary/aromatic N) is 1. The van der Waals surface area contributed by atoms with Crippen molar-refractivity contribution in [1.82, 2.24) is 5.43 Å². The maximum Gasteiger partial charge on any atom is 0.284 e. The standard InChI is InChI=1S/C18H18N2O4/c1-11-8-13(11)14-7-6-12(23-14)9-19-20-18(21)17-10-22-15-4-2-3-5-16(15)24-17/h2-7,9,11,13,17H,8,10H2,1H3,(H,20,21)/b19-9-/t11-,13-,17+/m1/s1. The normalized spacial score (nSPS) is 24.8. The molecular formula is C18H18N2O4. The lowest BCUT2D eigenvalue weighted by Gasteiger charge is -2.24. The Morgan fingerprint density at radius 1 is 1.25 bits per heavy atom. The molecule has 0 saturated heterocycles. The Labute approximate surface area is 139 Å². The van der Waals surface area contributed by atoms with Crippen molar-refractivity contribution >= 4 is 12.1 Å². The van der Waals surface area contributed by atoms with E-state index in [1.54, 1.807) is 12.1 Å². The van der Waals surface area contributed by atoms with Gasteiger partial charge in [0.2, 0.25) is 6.10 Å². The van der Waals surface area contributed by atoms with Crippen molar-refractivity contribution in [2.24, 2.45) is 11.0 Å². The first-order valence-corrected chi connectivity index (χ1v) is 8.02. The predicted octanol–water partition coefficient (Wildman–Crippen LogP) is 2.69. The van der Waals surface area contributed by atoms with Crippen LogP contribution in [0.1, 0.15) is 30.8 Å². The number of amides is 1. The van der Waals surface area contributed by atoms with Gasteiger partial charge in [0.1, 0.15) is 18.1 Å². The largest absolute Gasteiger partial charge is 0.485 e. The molecule has 1 fully saturated rings. The van der Waals surface area contributed by atoms with Gasteiger partial charge in [-0.2, -0.15) is 5.10 Å². The van der Waals surface area contributed by atoms with Crippen molar-refractivity contribution < 1.29 is 18.7 Å². The molecule has 0 bridgehead atoms. The minimum absolute atomic E-state index is 0.156. The summed E-state index contributed by atoms with van der Waals surface area (Å²) in [4.78, 5) is 12.1. The molecule has 6 heteroatoms. The zero-order valence-electron chi connectivity index (χ0n) is 13.3. The summed E-state index contributed by atoms with van der Waals surface area (Å²) in [6.45, 7) is 2.36. The molecule has 1 saturated carbocycles. The first-order valence-electron chi connectivity index (χ1n) is 8.02. The van der Waals surface area contributed by atoms with E-state index in [4.69, 9.17) is 13.9 Å². The molecular weight excluding hydrogens is 308 g/mol. The molecule has 1 aliphatic carbocycles. The summed E-state index contributed by atoms with van der Waals surface area (Å²) in [7, 11) is 0. The molecule has 0 spiro atoms. The summed E-state index contributed by atoms with van der Waals surface area (Å²) in [6.07, 6.45) is 1.93. The van der Waals surface area contributed by atoms with Crippen molar-refractivity contribution in [1.29, 1.82) is 0 Å². The Morgan fingerprint density at radius 3 is 2.83 bits per heavy atom. The third kappa shape index (κ3) is 2.99. The van der Waals surface area contributed by atoms with Gasteiger partial charge in [-0.1, -0.05) is 19.1 Å². The van der Waals surface area contributed by atoms with E-state index in [1.807, 2.05) is 24.3 Å². The molecule has 2 heterocycles. The lowest BCUT2D eigenvalue weighted by molar-refractivity contribution is -0.130. The van der Waals surface area contributed by atoms with Crippen molar-refractivity contribution in [2.75, 3.05) is 6.61 Å². The fourth-order valence-corrected chi connectivity index (χ4v) is 2.74. The van der Waals surface area contributed by atoms with Gasteiger partial charge in [0.15, 0.2) is 11.5 Å². The molecule has 6 nitrogen and oxygen atoms in total. The van der Waals surface area contributed by atoms with Crippen molar-refractivity contribution in [2.45, 2.75) is 25.4 Å². The van der Waals surface area contributed by atoms with E-state index in [9.17, 15) is 4.79 Å². The summed E-state index contributed by atoms with van der Waals surface area (Å²) < 4.78 is 16.8. The Balaban J connectivity index is 1.33. The Kier molecular flexibility index (Phi) is 3.72. The number of para-hydroxylation sites is 2. The topological polar surface area (TPSA) is 73.1 Å². The number of benzene rings is 1. The number of rotatable bonds is 4. The second kappa shape index (κ2) is 6.03. The van der Waals surface area contributed by atoms with Gasteiger partial charge in [-0.15, -0.1) is 0 Å². The van der Waals surface area contributed by atoms with Gasteiger partial charge in [0.05, 0.1) is 6.21 Å². The van der Waals surface area contributed by atoms with Gasteiger partial charge in [0.25, 0.3) is 5.91 Å². The molecule has 0 unspecified atom stereocenters. The number of hydrogen-bond acceptors (Lipinski definition) is 5. The fourth-order valence-electron chi connectivity index (χ4n) is 2.74. The van der Waals surface area contributed by atoms with E-state index in [0.717, 1.165) is 5.76 Å². The minimum Gasteiger partial charge on any atom is -0.485 e. The number of ether oxygens (including phenoxy) is 2. The van der Waals surface area contributed by atoms with Crippen LogP contribution in [-0.2, 0) is 4.79 Å². The fraction of sp³-hybridized carbons (Fsp3) is 0.333. The molecule has 2 aromatic rings. The van der Waals surface area contributed by atoms with Crippen LogP contribution in [0.15, 0.2) is 45.9 Å². The maximum atomic E-state index is 12.1. The van der Waals surface area contributed by atoms with E-state index >= 15 is 0 Å². The number of fused-ring (bicyclic) bond motifs is 1. The molecule has 0 radical (unpaired) electrons. The molecule has 3 atom stereocenters. The molecule has 4 rings (SSSR count). The van der Waals surface area contributed by atoms with Gasteiger partial charge in [-0.25, -0.2) is 5.43 Å². The third-order valence-electron chi connectivity index (χ3n) is 4.29. The Hall–Kier alpha value is -2.76. The zero-order chi connectivity index (χ0) is 16.5. The summed E-state index contributed by atoms with van der Waals surface area (Å²) in [5.74, 6) is 3.65. The minimum atomic E-state index is -0.725. The zero-order valence-corrected chi connectivity index (χ0v) is 13.3. The van der Waals surface area contributed by atoms with Crippen molar-refractivity contribution in [3.05, 3.63) is 47.9 Å². The molecule has 124 valence electrons. The summed E-state index contributed by atoms with van der Waals surface area (Å²) in [6, 6.07) is 11.1. The number of nitrogens with one attached hydrogen (secondary N) is 1. The Morgan fingerprint density at radius 2 is 2.04 bits per heavy atom. The van der Waals surface area contributed by atoms with Gasteiger partial charge in [0, 0.05) is 5.92 Å². The molecule has 1 N–H and O–H groups in total. The van der Waals surface area contributed by atoms with Crippen LogP contribution >= 0.6 is 0 Å². The second-order valence-corrected chi connectivity index (χ2v) is 6.16. The first-order chi connectivity index (χ1) is 11.7. The van der Waals surface area contributed by atoms with Gasteiger partial charge >= 0.3 is 0 Å². The average molecular weight is 326 g/mol. The molecule has 1 amide bonds. The van der Waals surface area contributed by atoms with Crippen LogP contribution < -0.4 is 14.9 Å². The average Bonchev–Trinajstić information content (AvgIpc) is 3.15. The van der Waals surface area contributed by atoms with Crippen molar-refractivity contribution in [3.8, 4) is 11.5 Å². The SMILES string of the molecule is C[C@@H]1C[C@H]1c1ccc(/C=N\NC(=O)[C@@H]2COc3ccccc3O2)o1. The molecule has 1 aromatic heterocycles. The number of carbonyl (C=O) groups excluding carboxylic acids is 1. The van der Waals surface area contributed by atoms with Crippen LogP contribution in [0.3, 0.4) is 0 Å². The number of hydrogen-bond donors (Lipinski definition) is 1. The van der Waals surface area contributed by atoms with Crippen LogP contribution in [0, 0.1) is 5.92 Å². The number of furan rings is 1. The van der Waals surface area contributed by atoms with Crippen molar-refractivity contribution in [3.63, 3.8) is 0 Å². The van der Waals surface area contributed by atoms with E-state index in [1.165, 1.54) is 12.6 Å². The van der Waals surface area contributed by atoms with Gasteiger partial charge < -0.3 is 13.9 Å². The van der Waals surface area contributed by atoms with Crippen LogP contribution in [0.2, 0.25) is 0 Å². The first kappa shape index (κ1) is 14.8. The maximum absolute atomic E-state index is 12.1. The molecule has 1 aromatic carbocycles. The Bertz CT molecular complexity index is 783. The molecule has 24 heavy (non-hydrogen) atoms. The predicted molar refractivity (Wildman–Crippen MR) is 87.3 cm³/mol. The highest BCUT2D eigenvalue weighted by Crippen LogP contribution is 2.47. The summed E-state index contributed by atoms with van der Waals surface area (Å²) in [5, 5.41) is 3.93. The number of carbonyl (C=O) groups is 1. The van der Waals surface area contributed by atoms with Crippen LogP contribution in [0.4, 0.5) is 0 Å². The summed E-state index contributed by atoms with van der Waals surface area (Å²) in [5.41, 5.74) is 2.46. The number of hydrazone groups is 1. The highest BCUT2D eigenvalue weighted by Gasteiger charge is 2.36. The highest BCUT2D eigenvalue weighted by atomic mass is 16.6. The highest BCUT2D eigenvalue weighted by molar-refractivity contribution is 5.83. The van der Waals surface area contributed by atoms with Gasteiger partial charge in [-0.05, 0) is 36.6 Å². The van der Waals surface area contributed by atoms with E-state index in [0.29, 0.717) is 29.1 Å². The summed E-state index contributed by atoms with van der Waals surface area (Å²) >= 11 is 0. The van der Waals surface area contributed by atoms with E-state index in [-0.39, 0.29) is 12.5 Å². The smallest absolute Gasteiger partial charge is 0.284 e.